The van der Waals surface area contributed by atoms with Gasteiger partial charge in [0.2, 0.25) is 5.91 Å². The first-order valence-electron chi connectivity index (χ1n) is 7.59. The van der Waals surface area contributed by atoms with Crippen molar-refractivity contribution in [3.63, 3.8) is 0 Å². The van der Waals surface area contributed by atoms with Gasteiger partial charge in [-0.3, -0.25) is 14.8 Å². The molecule has 1 aliphatic heterocycles. The van der Waals surface area contributed by atoms with Gasteiger partial charge in [-0.05, 0) is 51.3 Å². The molecule has 0 spiro atoms. The average molecular weight is 319 g/mol. The molecular weight excluding hydrogens is 298 g/mol. The van der Waals surface area contributed by atoms with E-state index in [-0.39, 0.29) is 11.9 Å². The molecular formula is C15H21N5OS. The minimum atomic E-state index is -0.129. The molecule has 2 aromatic rings. The summed E-state index contributed by atoms with van der Waals surface area (Å²) in [7, 11) is 0. The van der Waals surface area contributed by atoms with E-state index in [0.717, 1.165) is 31.6 Å². The number of likely N-dealkylation sites (tertiary alicyclic amines) is 1. The second-order valence-corrected chi connectivity index (χ2v) is 6.66. The summed E-state index contributed by atoms with van der Waals surface area (Å²) in [5, 5.41) is 12.5. The summed E-state index contributed by atoms with van der Waals surface area (Å²) in [4.78, 5) is 18.6. The zero-order valence-electron chi connectivity index (χ0n) is 12.9. The summed E-state index contributed by atoms with van der Waals surface area (Å²) in [6.45, 7) is 5.90. The number of H-pyrrole nitrogens is 1. The van der Waals surface area contributed by atoms with Gasteiger partial charge in [0.25, 0.3) is 0 Å². The molecule has 1 unspecified atom stereocenters. The summed E-state index contributed by atoms with van der Waals surface area (Å²) < 4.78 is 0. The van der Waals surface area contributed by atoms with Gasteiger partial charge in [-0.2, -0.15) is 5.10 Å². The standard InChI is InChI=1S/C15H21N5OS/c1-10-13(9-17-19-10)12-3-6-20(7-4-12)11(2)14(21)18-15-16-5-8-22-15/h5,8-9,11-12H,3-4,6-7H2,1-2H3,(H,17,19)(H,16,18,21). The Balaban J connectivity index is 1.54. The molecule has 22 heavy (non-hydrogen) atoms. The molecule has 1 fully saturated rings. The molecule has 3 rings (SSSR count). The highest BCUT2D eigenvalue weighted by Gasteiger charge is 2.28. The summed E-state index contributed by atoms with van der Waals surface area (Å²) in [5.41, 5.74) is 2.48. The molecule has 6 nitrogen and oxygen atoms in total. The van der Waals surface area contributed by atoms with E-state index in [0.29, 0.717) is 11.0 Å². The zero-order valence-corrected chi connectivity index (χ0v) is 13.7. The van der Waals surface area contributed by atoms with Crippen LogP contribution >= 0.6 is 11.3 Å². The van der Waals surface area contributed by atoms with Crippen molar-refractivity contribution in [2.75, 3.05) is 18.4 Å². The number of aromatic nitrogens is 3. The normalized spacial score (nSPS) is 18.3. The Morgan fingerprint density at radius 1 is 1.50 bits per heavy atom. The van der Waals surface area contributed by atoms with E-state index >= 15 is 0 Å². The smallest absolute Gasteiger partial charge is 0.243 e. The molecule has 0 aliphatic carbocycles. The van der Waals surface area contributed by atoms with Crippen LogP contribution in [0.5, 0.6) is 0 Å². The highest BCUT2D eigenvalue weighted by Crippen LogP contribution is 2.30. The fraction of sp³-hybridized carbons (Fsp3) is 0.533. The van der Waals surface area contributed by atoms with Gasteiger partial charge in [0.05, 0.1) is 12.2 Å². The van der Waals surface area contributed by atoms with E-state index in [1.807, 2.05) is 18.5 Å². The van der Waals surface area contributed by atoms with Crippen LogP contribution in [-0.2, 0) is 4.79 Å². The molecule has 3 heterocycles. The number of nitrogens with one attached hydrogen (secondary N) is 2. The Morgan fingerprint density at radius 2 is 2.27 bits per heavy atom. The molecule has 1 saturated heterocycles. The maximum atomic E-state index is 12.3. The highest BCUT2D eigenvalue weighted by atomic mass is 32.1. The lowest BCUT2D eigenvalue weighted by atomic mass is 9.89. The van der Waals surface area contributed by atoms with Crippen LogP contribution in [0.3, 0.4) is 0 Å². The fourth-order valence-electron chi connectivity index (χ4n) is 3.03. The van der Waals surface area contributed by atoms with Gasteiger partial charge < -0.3 is 5.32 Å². The largest absolute Gasteiger partial charge is 0.301 e. The van der Waals surface area contributed by atoms with E-state index < -0.39 is 0 Å². The summed E-state index contributed by atoms with van der Waals surface area (Å²) in [6.07, 6.45) is 5.77. The first-order valence-corrected chi connectivity index (χ1v) is 8.47. The number of carbonyl (C=O) groups is 1. The van der Waals surface area contributed by atoms with E-state index in [9.17, 15) is 4.79 Å². The number of nitrogens with zero attached hydrogens (tertiary/aromatic N) is 3. The first-order chi connectivity index (χ1) is 10.6. The van der Waals surface area contributed by atoms with Gasteiger partial charge in [0.15, 0.2) is 5.13 Å². The van der Waals surface area contributed by atoms with E-state index in [2.05, 4.69) is 32.3 Å². The number of amides is 1. The average Bonchev–Trinajstić information content (AvgIpc) is 3.18. The molecule has 0 radical (unpaired) electrons. The molecule has 1 aliphatic rings. The van der Waals surface area contributed by atoms with Gasteiger partial charge in [0, 0.05) is 17.3 Å². The third-order valence-electron chi connectivity index (χ3n) is 4.43. The van der Waals surface area contributed by atoms with Crippen molar-refractivity contribution in [1.29, 1.82) is 0 Å². The Hall–Kier alpha value is -1.73. The fourth-order valence-corrected chi connectivity index (χ4v) is 3.56. The predicted octanol–water partition coefficient (Wildman–Crippen LogP) is 2.38. The molecule has 0 bridgehead atoms. The Labute approximate surface area is 133 Å². The quantitative estimate of drug-likeness (QED) is 0.907. The molecule has 2 aromatic heterocycles. The minimum absolute atomic E-state index is 0.0212. The third-order valence-corrected chi connectivity index (χ3v) is 5.12. The number of piperidine rings is 1. The third kappa shape index (κ3) is 3.20. The van der Waals surface area contributed by atoms with Crippen molar-refractivity contribution in [1.82, 2.24) is 20.1 Å². The van der Waals surface area contributed by atoms with Crippen molar-refractivity contribution < 1.29 is 4.79 Å². The zero-order chi connectivity index (χ0) is 15.5. The van der Waals surface area contributed by atoms with Gasteiger partial charge >= 0.3 is 0 Å². The van der Waals surface area contributed by atoms with E-state index in [4.69, 9.17) is 0 Å². The van der Waals surface area contributed by atoms with Gasteiger partial charge in [-0.15, -0.1) is 11.3 Å². The van der Waals surface area contributed by atoms with Crippen LogP contribution in [0.15, 0.2) is 17.8 Å². The van der Waals surface area contributed by atoms with Crippen LogP contribution in [0.4, 0.5) is 5.13 Å². The van der Waals surface area contributed by atoms with Crippen molar-refractivity contribution in [2.45, 2.75) is 38.6 Å². The van der Waals surface area contributed by atoms with Gasteiger partial charge in [-0.25, -0.2) is 4.98 Å². The highest BCUT2D eigenvalue weighted by molar-refractivity contribution is 7.13. The lowest BCUT2D eigenvalue weighted by Gasteiger charge is -2.35. The number of hydrogen-bond acceptors (Lipinski definition) is 5. The maximum Gasteiger partial charge on any atom is 0.243 e. The van der Waals surface area contributed by atoms with E-state index in [1.54, 1.807) is 6.20 Å². The lowest BCUT2D eigenvalue weighted by Crippen LogP contribution is -2.45. The number of anilines is 1. The number of thiazole rings is 1. The molecule has 1 atom stereocenters. The van der Waals surface area contributed by atoms with Crippen molar-refractivity contribution in [3.05, 3.63) is 29.0 Å². The predicted molar refractivity (Wildman–Crippen MR) is 87.1 cm³/mol. The van der Waals surface area contributed by atoms with Crippen LogP contribution in [-0.4, -0.2) is 45.1 Å². The number of hydrogen-bond donors (Lipinski definition) is 2. The minimum Gasteiger partial charge on any atom is -0.301 e. The number of aryl methyl sites for hydroxylation is 1. The van der Waals surface area contributed by atoms with Crippen molar-refractivity contribution in [3.8, 4) is 0 Å². The molecule has 118 valence electrons. The van der Waals surface area contributed by atoms with Gasteiger partial charge in [0.1, 0.15) is 0 Å². The van der Waals surface area contributed by atoms with Crippen LogP contribution in [0.2, 0.25) is 0 Å². The molecule has 1 amide bonds. The van der Waals surface area contributed by atoms with Crippen molar-refractivity contribution in [2.24, 2.45) is 0 Å². The van der Waals surface area contributed by atoms with Crippen LogP contribution < -0.4 is 5.32 Å². The van der Waals surface area contributed by atoms with Crippen LogP contribution in [0, 0.1) is 6.92 Å². The SMILES string of the molecule is Cc1[nH]ncc1C1CCN(C(C)C(=O)Nc2nccs2)CC1. The Morgan fingerprint density at radius 3 is 2.86 bits per heavy atom. The molecule has 2 N–H and O–H groups in total. The monoisotopic (exact) mass is 319 g/mol. The number of rotatable bonds is 4. The van der Waals surface area contributed by atoms with Crippen LogP contribution in [0.25, 0.3) is 0 Å². The van der Waals surface area contributed by atoms with Crippen molar-refractivity contribution >= 4 is 22.4 Å². The topological polar surface area (TPSA) is 73.9 Å². The second kappa shape index (κ2) is 6.58. The number of carbonyl (C=O) groups excluding carboxylic acids is 1. The van der Waals surface area contributed by atoms with E-state index in [1.165, 1.54) is 16.9 Å². The maximum absolute atomic E-state index is 12.3. The van der Waals surface area contributed by atoms with Crippen LogP contribution in [0.1, 0.15) is 36.9 Å². The summed E-state index contributed by atoms with van der Waals surface area (Å²) >= 11 is 1.44. The summed E-state index contributed by atoms with van der Waals surface area (Å²) in [5.74, 6) is 0.567. The molecule has 0 saturated carbocycles. The first kappa shape index (κ1) is 15.2. The second-order valence-electron chi connectivity index (χ2n) is 5.76. The lowest BCUT2D eigenvalue weighted by molar-refractivity contribution is -0.121. The molecule has 0 aromatic carbocycles. The number of aromatic amines is 1. The Kier molecular flexibility index (Phi) is 4.54. The molecule has 7 heteroatoms. The van der Waals surface area contributed by atoms with Gasteiger partial charge in [-0.1, -0.05) is 0 Å². The Bertz CT molecular complexity index is 616. The summed E-state index contributed by atoms with van der Waals surface area (Å²) in [6, 6.07) is -0.129.